The Morgan fingerprint density at radius 1 is 1.46 bits per heavy atom. The van der Waals surface area contributed by atoms with Crippen molar-refractivity contribution in [3.63, 3.8) is 0 Å². The van der Waals surface area contributed by atoms with E-state index in [1.54, 1.807) is 0 Å². The average molecular weight is 357 g/mol. The van der Waals surface area contributed by atoms with E-state index in [4.69, 9.17) is 10.5 Å². The fourth-order valence-corrected chi connectivity index (χ4v) is 3.16. The summed E-state index contributed by atoms with van der Waals surface area (Å²) in [5, 5.41) is 3.05. The fraction of sp³-hybridized carbons (Fsp3) is 0.474. The van der Waals surface area contributed by atoms with E-state index in [1.807, 2.05) is 12.1 Å². The van der Waals surface area contributed by atoms with Crippen LogP contribution in [0.4, 0.5) is 11.6 Å². The summed E-state index contributed by atoms with van der Waals surface area (Å²) in [6.45, 7) is 5.70. The SMILES string of the molecule is CC1CCCN1Cc1cccc(OCCCNc2ncc(N)c(=O)[nH]2)c1. The summed E-state index contributed by atoms with van der Waals surface area (Å²) in [6.07, 6.45) is 4.72. The molecule has 7 nitrogen and oxygen atoms in total. The van der Waals surface area contributed by atoms with Gasteiger partial charge in [0.2, 0.25) is 5.95 Å². The van der Waals surface area contributed by atoms with E-state index in [2.05, 4.69) is 39.2 Å². The van der Waals surface area contributed by atoms with Crippen LogP contribution in [0.1, 0.15) is 31.7 Å². The van der Waals surface area contributed by atoms with Crippen molar-refractivity contribution >= 4 is 11.6 Å². The summed E-state index contributed by atoms with van der Waals surface area (Å²) in [5.41, 5.74) is 6.52. The number of aromatic amines is 1. The number of nitrogens with one attached hydrogen (secondary N) is 2. The third-order valence-corrected chi connectivity index (χ3v) is 4.68. The number of nitrogens with two attached hydrogens (primary N) is 1. The summed E-state index contributed by atoms with van der Waals surface area (Å²) in [6, 6.07) is 8.98. The summed E-state index contributed by atoms with van der Waals surface area (Å²) in [7, 11) is 0. The minimum absolute atomic E-state index is 0.113. The van der Waals surface area contributed by atoms with Crippen LogP contribution in [-0.4, -0.2) is 40.6 Å². The van der Waals surface area contributed by atoms with Gasteiger partial charge in [0.25, 0.3) is 5.56 Å². The Kier molecular flexibility index (Phi) is 6.12. The van der Waals surface area contributed by atoms with Gasteiger partial charge in [0, 0.05) is 19.1 Å². The van der Waals surface area contributed by atoms with Gasteiger partial charge in [0.1, 0.15) is 11.4 Å². The van der Waals surface area contributed by atoms with Crippen molar-refractivity contribution in [3.05, 3.63) is 46.4 Å². The van der Waals surface area contributed by atoms with E-state index in [-0.39, 0.29) is 11.2 Å². The summed E-state index contributed by atoms with van der Waals surface area (Å²) >= 11 is 0. The molecule has 0 saturated carbocycles. The lowest BCUT2D eigenvalue weighted by Gasteiger charge is -2.21. The molecule has 0 amide bonds. The number of aromatic nitrogens is 2. The molecule has 140 valence electrons. The first-order chi connectivity index (χ1) is 12.6. The van der Waals surface area contributed by atoms with Gasteiger partial charge in [-0.15, -0.1) is 0 Å². The highest BCUT2D eigenvalue weighted by atomic mass is 16.5. The lowest BCUT2D eigenvalue weighted by molar-refractivity contribution is 0.259. The largest absolute Gasteiger partial charge is 0.494 e. The molecule has 0 spiro atoms. The number of benzene rings is 1. The topological polar surface area (TPSA) is 96.3 Å². The van der Waals surface area contributed by atoms with E-state index >= 15 is 0 Å². The van der Waals surface area contributed by atoms with E-state index in [0.717, 1.165) is 18.7 Å². The molecule has 4 N–H and O–H groups in total. The molecule has 26 heavy (non-hydrogen) atoms. The minimum Gasteiger partial charge on any atom is -0.494 e. The van der Waals surface area contributed by atoms with Gasteiger partial charge in [-0.3, -0.25) is 14.7 Å². The van der Waals surface area contributed by atoms with Gasteiger partial charge < -0.3 is 15.8 Å². The normalized spacial score (nSPS) is 17.3. The molecule has 7 heteroatoms. The van der Waals surface area contributed by atoms with Crippen LogP contribution < -0.4 is 21.3 Å². The standard InChI is InChI=1S/C19H27N5O2/c1-14-5-3-9-24(14)13-15-6-2-7-16(11-15)26-10-4-8-21-19-22-12-17(20)18(25)23-19/h2,6-7,11-12,14H,3-5,8-10,13,20H2,1H3,(H2,21,22,23,25). The van der Waals surface area contributed by atoms with Crippen LogP contribution in [0.5, 0.6) is 5.75 Å². The third-order valence-electron chi connectivity index (χ3n) is 4.68. The number of hydrogen-bond acceptors (Lipinski definition) is 6. The molecule has 1 atom stereocenters. The summed E-state index contributed by atoms with van der Waals surface area (Å²) < 4.78 is 5.85. The first kappa shape index (κ1) is 18.3. The van der Waals surface area contributed by atoms with Gasteiger partial charge in [-0.2, -0.15) is 0 Å². The number of hydrogen-bond donors (Lipinski definition) is 3. The molecule has 2 heterocycles. The Hall–Kier alpha value is -2.54. The second-order valence-electron chi connectivity index (χ2n) is 6.75. The number of rotatable bonds is 8. The van der Waals surface area contributed by atoms with Crippen molar-refractivity contribution in [1.82, 2.24) is 14.9 Å². The number of nitrogens with zero attached hydrogens (tertiary/aromatic N) is 2. The highest BCUT2D eigenvalue weighted by molar-refractivity contribution is 5.36. The van der Waals surface area contributed by atoms with Crippen LogP contribution in [0.3, 0.4) is 0 Å². The number of nitrogen functional groups attached to an aromatic ring is 1. The van der Waals surface area contributed by atoms with Crippen molar-refractivity contribution in [3.8, 4) is 5.75 Å². The van der Waals surface area contributed by atoms with Crippen LogP contribution in [0.25, 0.3) is 0 Å². The van der Waals surface area contributed by atoms with Crippen LogP contribution in [0.2, 0.25) is 0 Å². The smallest absolute Gasteiger partial charge is 0.275 e. The van der Waals surface area contributed by atoms with Crippen molar-refractivity contribution in [2.24, 2.45) is 0 Å². The Labute approximate surface area is 153 Å². The maximum atomic E-state index is 11.4. The molecule has 1 aliphatic heterocycles. The molecule has 2 aromatic rings. The maximum absolute atomic E-state index is 11.4. The molecule has 1 saturated heterocycles. The molecule has 3 rings (SSSR count). The quantitative estimate of drug-likeness (QED) is 0.627. The van der Waals surface area contributed by atoms with Gasteiger partial charge in [-0.1, -0.05) is 12.1 Å². The third kappa shape index (κ3) is 4.98. The second-order valence-corrected chi connectivity index (χ2v) is 6.75. The second kappa shape index (κ2) is 8.71. The molecule has 0 radical (unpaired) electrons. The monoisotopic (exact) mass is 357 g/mol. The lowest BCUT2D eigenvalue weighted by atomic mass is 10.2. The van der Waals surface area contributed by atoms with Crippen LogP contribution in [-0.2, 0) is 6.54 Å². The van der Waals surface area contributed by atoms with Crippen molar-refractivity contribution in [2.45, 2.75) is 38.8 Å². The van der Waals surface area contributed by atoms with E-state index in [9.17, 15) is 4.79 Å². The maximum Gasteiger partial charge on any atom is 0.275 e. The molecule has 1 fully saturated rings. The van der Waals surface area contributed by atoms with Crippen molar-refractivity contribution in [1.29, 1.82) is 0 Å². The molecule has 0 bridgehead atoms. The number of ether oxygens (including phenoxy) is 1. The van der Waals surface area contributed by atoms with Gasteiger partial charge in [0.05, 0.1) is 12.8 Å². The number of H-pyrrole nitrogens is 1. The molecule has 1 aromatic heterocycles. The average Bonchev–Trinajstić information content (AvgIpc) is 3.03. The molecule has 1 aliphatic rings. The number of likely N-dealkylation sites (tertiary alicyclic amines) is 1. The zero-order chi connectivity index (χ0) is 18.4. The van der Waals surface area contributed by atoms with Crippen LogP contribution in [0, 0.1) is 0 Å². The van der Waals surface area contributed by atoms with Crippen LogP contribution in [0.15, 0.2) is 35.3 Å². The Bertz CT molecular complexity index is 777. The van der Waals surface area contributed by atoms with Gasteiger partial charge >= 0.3 is 0 Å². The van der Waals surface area contributed by atoms with Gasteiger partial charge in [0.15, 0.2) is 0 Å². The zero-order valence-electron chi connectivity index (χ0n) is 15.2. The van der Waals surface area contributed by atoms with Gasteiger partial charge in [-0.25, -0.2) is 4.98 Å². The van der Waals surface area contributed by atoms with Crippen molar-refractivity contribution < 1.29 is 4.74 Å². The van der Waals surface area contributed by atoms with Gasteiger partial charge in [-0.05, 0) is 50.4 Å². The van der Waals surface area contributed by atoms with Crippen LogP contribution >= 0.6 is 0 Å². The molecule has 0 aliphatic carbocycles. The molecular formula is C19H27N5O2. The first-order valence-corrected chi connectivity index (χ1v) is 9.16. The Morgan fingerprint density at radius 2 is 2.35 bits per heavy atom. The van der Waals surface area contributed by atoms with E-state index in [1.165, 1.54) is 31.1 Å². The first-order valence-electron chi connectivity index (χ1n) is 9.16. The predicted molar refractivity (Wildman–Crippen MR) is 103 cm³/mol. The lowest BCUT2D eigenvalue weighted by Crippen LogP contribution is -2.26. The highest BCUT2D eigenvalue weighted by Gasteiger charge is 2.19. The molecule has 1 unspecified atom stereocenters. The molecular weight excluding hydrogens is 330 g/mol. The highest BCUT2D eigenvalue weighted by Crippen LogP contribution is 2.21. The van der Waals surface area contributed by atoms with E-state index in [0.29, 0.717) is 25.1 Å². The Balaban J connectivity index is 1.41. The number of anilines is 2. The predicted octanol–water partition coefficient (Wildman–Crippen LogP) is 2.22. The Morgan fingerprint density at radius 3 is 3.12 bits per heavy atom. The minimum atomic E-state index is -0.331. The summed E-state index contributed by atoms with van der Waals surface area (Å²) in [5.74, 6) is 1.32. The molecule has 1 aromatic carbocycles. The van der Waals surface area contributed by atoms with E-state index < -0.39 is 0 Å². The fourth-order valence-electron chi connectivity index (χ4n) is 3.16. The zero-order valence-corrected chi connectivity index (χ0v) is 15.2. The van der Waals surface area contributed by atoms with Crippen molar-refractivity contribution in [2.75, 3.05) is 30.7 Å². The summed E-state index contributed by atoms with van der Waals surface area (Å²) in [4.78, 5) is 20.5.